The van der Waals surface area contributed by atoms with Gasteiger partial charge in [0.05, 0.1) is 0 Å². The minimum absolute atomic E-state index is 0.482. The van der Waals surface area contributed by atoms with Crippen molar-refractivity contribution in [2.24, 2.45) is 10.9 Å². The second-order valence-electron chi connectivity index (χ2n) is 5.18. The largest absolute Gasteiger partial charge is 0.362 e. The summed E-state index contributed by atoms with van der Waals surface area (Å²) in [6.07, 6.45) is 0. The topological polar surface area (TPSA) is 24.4 Å². The standard InChI is InChI=1S/C15H22N2S/c1-11(14-7-5-4-6-8-14)9-16-15-17-13(3)12(2)10-18-15/h4-8,11-13H,9-10H2,1-3H3,(H,16,17). The molecular formula is C15H22N2S. The van der Waals surface area contributed by atoms with Gasteiger partial charge in [-0.2, -0.15) is 0 Å². The lowest BCUT2D eigenvalue weighted by Crippen LogP contribution is -2.41. The van der Waals surface area contributed by atoms with Gasteiger partial charge in [-0.25, -0.2) is 0 Å². The maximum atomic E-state index is 4.71. The zero-order valence-corrected chi connectivity index (χ0v) is 12.2. The van der Waals surface area contributed by atoms with E-state index in [4.69, 9.17) is 4.99 Å². The molecule has 1 aromatic rings. The fourth-order valence-electron chi connectivity index (χ4n) is 1.93. The first kappa shape index (κ1) is 13.5. The van der Waals surface area contributed by atoms with Crippen LogP contribution in [0.1, 0.15) is 32.3 Å². The van der Waals surface area contributed by atoms with Crippen LogP contribution in [0.15, 0.2) is 35.3 Å². The predicted molar refractivity (Wildman–Crippen MR) is 81.4 cm³/mol. The monoisotopic (exact) mass is 262 g/mol. The Morgan fingerprint density at radius 3 is 2.72 bits per heavy atom. The molecule has 3 atom stereocenters. The van der Waals surface area contributed by atoms with Gasteiger partial charge in [0, 0.05) is 24.3 Å². The lowest BCUT2D eigenvalue weighted by atomic mass is 10.0. The van der Waals surface area contributed by atoms with Crippen molar-refractivity contribution < 1.29 is 0 Å². The van der Waals surface area contributed by atoms with Crippen LogP contribution in [0.3, 0.4) is 0 Å². The fourth-order valence-corrected chi connectivity index (χ4v) is 3.08. The molecule has 1 aliphatic rings. The molecule has 1 heterocycles. The number of hydrogen-bond donors (Lipinski definition) is 1. The highest BCUT2D eigenvalue weighted by molar-refractivity contribution is 8.13. The summed E-state index contributed by atoms with van der Waals surface area (Å²) in [5.41, 5.74) is 1.36. The highest BCUT2D eigenvalue weighted by atomic mass is 32.2. The Kier molecular flexibility index (Phi) is 4.70. The average molecular weight is 262 g/mol. The maximum absolute atomic E-state index is 4.71. The third kappa shape index (κ3) is 3.52. The number of benzene rings is 1. The zero-order chi connectivity index (χ0) is 13.0. The molecule has 0 saturated carbocycles. The molecule has 3 heteroatoms. The van der Waals surface area contributed by atoms with Gasteiger partial charge in [0.1, 0.15) is 0 Å². The minimum atomic E-state index is 0.482. The number of nitrogens with zero attached hydrogens (tertiary/aromatic N) is 1. The van der Waals surface area contributed by atoms with Crippen LogP contribution in [-0.2, 0) is 0 Å². The summed E-state index contributed by atoms with van der Waals surface area (Å²) in [6, 6.07) is 11.1. The number of amidine groups is 1. The summed E-state index contributed by atoms with van der Waals surface area (Å²) in [4.78, 5) is 4.71. The van der Waals surface area contributed by atoms with E-state index in [1.165, 1.54) is 11.3 Å². The second-order valence-corrected chi connectivity index (χ2v) is 6.19. The van der Waals surface area contributed by atoms with Gasteiger partial charge >= 0.3 is 0 Å². The second kappa shape index (κ2) is 6.28. The van der Waals surface area contributed by atoms with Gasteiger partial charge in [-0.3, -0.25) is 4.99 Å². The van der Waals surface area contributed by atoms with Crippen molar-refractivity contribution in [1.82, 2.24) is 5.32 Å². The van der Waals surface area contributed by atoms with Crippen LogP contribution in [0.25, 0.3) is 0 Å². The lowest BCUT2D eigenvalue weighted by Gasteiger charge is -2.28. The Morgan fingerprint density at radius 2 is 2.06 bits per heavy atom. The Balaban J connectivity index is 1.91. The molecule has 3 unspecified atom stereocenters. The molecule has 0 aliphatic carbocycles. The van der Waals surface area contributed by atoms with Crippen LogP contribution in [0, 0.1) is 5.92 Å². The van der Waals surface area contributed by atoms with Crippen molar-refractivity contribution in [2.75, 3.05) is 12.3 Å². The molecule has 0 spiro atoms. The minimum Gasteiger partial charge on any atom is -0.362 e. The van der Waals surface area contributed by atoms with Crippen LogP contribution >= 0.6 is 11.8 Å². The molecule has 0 bridgehead atoms. The Hall–Kier alpha value is -0.960. The summed E-state index contributed by atoms with van der Waals surface area (Å²) in [5.74, 6) is 2.38. The maximum Gasteiger partial charge on any atom is 0.156 e. The van der Waals surface area contributed by atoms with Gasteiger partial charge in [-0.05, 0) is 18.4 Å². The van der Waals surface area contributed by atoms with Gasteiger partial charge < -0.3 is 5.32 Å². The molecule has 18 heavy (non-hydrogen) atoms. The van der Waals surface area contributed by atoms with Gasteiger partial charge in [-0.15, -0.1) is 0 Å². The van der Waals surface area contributed by atoms with Crippen molar-refractivity contribution in [2.45, 2.75) is 32.7 Å². The van der Waals surface area contributed by atoms with Gasteiger partial charge in [0.2, 0.25) is 0 Å². The fraction of sp³-hybridized carbons (Fsp3) is 0.533. The third-order valence-corrected chi connectivity index (χ3v) is 4.78. The third-order valence-electron chi connectivity index (χ3n) is 3.57. The van der Waals surface area contributed by atoms with E-state index in [1.807, 2.05) is 11.8 Å². The van der Waals surface area contributed by atoms with Crippen LogP contribution in [0.5, 0.6) is 0 Å². The first-order valence-electron chi connectivity index (χ1n) is 6.65. The van der Waals surface area contributed by atoms with Crippen molar-refractivity contribution >= 4 is 16.9 Å². The first-order chi connectivity index (χ1) is 8.66. The van der Waals surface area contributed by atoms with E-state index in [0.29, 0.717) is 12.0 Å². The van der Waals surface area contributed by atoms with Crippen LogP contribution in [0.4, 0.5) is 0 Å². The molecule has 1 aromatic carbocycles. The van der Waals surface area contributed by atoms with Crippen molar-refractivity contribution in [3.05, 3.63) is 35.9 Å². The lowest BCUT2D eigenvalue weighted by molar-refractivity contribution is 0.489. The number of rotatable bonds is 3. The highest BCUT2D eigenvalue weighted by Gasteiger charge is 2.20. The van der Waals surface area contributed by atoms with E-state index >= 15 is 0 Å². The van der Waals surface area contributed by atoms with Gasteiger partial charge in [0.25, 0.3) is 0 Å². The molecule has 0 amide bonds. The summed E-state index contributed by atoms with van der Waals surface area (Å²) in [6.45, 7) is 7.62. The van der Waals surface area contributed by atoms with Crippen molar-refractivity contribution in [3.8, 4) is 0 Å². The zero-order valence-electron chi connectivity index (χ0n) is 11.4. The average Bonchev–Trinajstić information content (AvgIpc) is 2.41. The molecule has 0 radical (unpaired) electrons. The van der Waals surface area contributed by atoms with Crippen LogP contribution < -0.4 is 5.32 Å². The van der Waals surface area contributed by atoms with Crippen molar-refractivity contribution in [1.29, 1.82) is 0 Å². The van der Waals surface area contributed by atoms with E-state index in [-0.39, 0.29) is 0 Å². The Morgan fingerprint density at radius 1 is 1.33 bits per heavy atom. The SMILES string of the molecule is CC(CN=C1NC(C)C(C)CS1)c1ccccc1. The molecule has 98 valence electrons. The highest BCUT2D eigenvalue weighted by Crippen LogP contribution is 2.21. The van der Waals surface area contributed by atoms with Gasteiger partial charge in [-0.1, -0.05) is 55.9 Å². The quantitative estimate of drug-likeness (QED) is 0.901. The summed E-state index contributed by atoms with van der Waals surface area (Å²) < 4.78 is 0. The van der Waals surface area contributed by atoms with Crippen LogP contribution in [-0.4, -0.2) is 23.5 Å². The first-order valence-corrected chi connectivity index (χ1v) is 7.64. The molecule has 1 saturated heterocycles. The molecule has 2 nitrogen and oxygen atoms in total. The van der Waals surface area contributed by atoms with Crippen LogP contribution in [0.2, 0.25) is 0 Å². The number of thioether (sulfide) groups is 1. The van der Waals surface area contributed by atoms with E-state index < -0.39 is 0 Å². The van der Waals surface area contributed by atoms with Gasteiger partial charge in [0.15, 0.2) is 5.17 Å². The molecule has 1 aliphatic heterocycles. The molecule has 0 aromatic heterocycles. The van der Waals surface area contributed by atoms with E-state index in [2.05, 4.69) is 56.4 Å². The number of nitrogens with one attached hydrogen (secondary N) is 1. The van der Waals surface area contributed by atoms with Crippen molar-refractivity contribution in [3.63, 3.8) is 0 Å². The van der Waals surface area contributed by atoms with E-state index in [1.54, 1.807) is 0 Å². The predicted octanol–water partition coefficient (Wildman–Crippen LogP) is 3.51. The normalized spacial score (nSPS) is 27.8. The molecule has 1 N–H and O–H groups in total. The Bertz CT molecular complexity index is 402. The Labute approximate surface area is 114 Å². The molecule has 2 rings (SSSR count). The molecular weight excluding hydrogens is 240 g/mol. The number of hydrogen-bond acceptors (Lipinski definition) is 2. The summed E-state index contributed by atoms with van der Waals surface area (Å²) in [7, 11) is 0. The van der Waals surface area contributed by atoms with E-state index in [0.717, 1.165) is 17.6 Å². The molecule has 1 fully saturated rings. The summed E-state index contributed by atoms with van der Waals surface area (Å²) >= 11 is 1.85. The number of aliphatic imine (C=N–C) groups is 1. The van der Waals surface area contributed by atoms with E-state index in [9.17, 15) is 0 Å². The summed E-state index contributed by atoms with van der Waals surface area (Å²) in [5, 5.41) is 4.60. The smallest absolute Gasteiger partial charge is 0.156 e.